The summed E-state index contributed by atoms with van der Waals surface area (Å²) >= 11 is 0. The Morgan fingerprint density at radius 1 is 1.27 bits per heavy atom. The quantitative estimate of drug-likeness (QED) is 0.402. The van der Waals surface area contributed by atoms with Crippen molar-refractivity contribution in [2.24, 2.45) is 11.5 Å². The smallest absolute Gasteiger partial charge is 0.440 e. The van der Waals surface area contributed by atoms with Crippen molar-refractivity contribution in [3.8, 4) is 0 Å². The van der Waals surface area contributed by atoms with Gasteiger partial charge in [-0.05, 0) is 25.8 Å². The average Bonchev–Trinajstić information content (AvgIpc) is 2.11. The lowest BCUT2D eigenvalue weighted by Gasteiger charge is -2.13. The molecule has 0 amide bonds. The minimum Gasteiger partial charge on any atom is -0.440 e. The van der Waals surface area contributed by atoms with E-state index in [-0.39, 0.29) is 6.42 Å². The monoisotopic (exact) mass is 228 g/mol. The second-order valence-electron chi connectivity index (χ2n) is 3.08. The molecule has 15 heavy (non-hydrogen) atoms. The van der Waals surface area contributed by atoms with Crippen molar-refractivity contribution in [2.75, 3.05) is 6.54 Å². The molecule has 0 heterocycles. The first-order chi connectivity index (χ1) is 6.88. The molecule has 0 aromatic heterocycles. The van der Waals surface area contributed by atoms with Gasteiger partial charge in [-0.1, -0.05) is 6.42 Å². The second kappa shape index (κ2) is 6.62. The summed E-state index contributed by atoms with van der Waals surface area (Å²) in [5.41, 5.74) is 10.4. The highest BCUT2D eigenvalue weighted by Gasteiger charge is 2.41. The summed E-state index contributed by atoms with van der Waals surface area (Å²) in [6.07, 6.45) is -3.84. The van der Waals surface area contributed by atoms with Gasteiger partial charge in [-0.15, -0.1) is 0 Å². The predicted octanol–water partition coefficient (Wildman–Crippen LogP) is 0.896. The molecule has 90 valence electrons. The maximum Gasteiger partial charge on any atom is 0.490 e. The van der Waals surface area contributed by atoms with Gasteiger partial charge in [-0.25, -0.2) is 4.79 Å². The molecule has 4 N–H and O–H groups in total. The zero-order chi connectivity index (χ0) is 11.9. The fourth-order valence-electron chi connectivity index (χ4n) is 0.930. The molecular weight excluding hydrogens is 213 g/mol. The zero-order valence-electron chi connectivity index (χ0n) is 8.22. The third-order valence-electron chi connectivity index (χ3n) is 1.68. The molecule has 4 nitrogen and oxygen atoms in total. The lowest BCUT2D eigenvalue weighted by atomic mass is 10.2. The van der Waals surface area contributed by atoms with Gasteiger partial charge in [0.2, 0.25) is 0 Å². The number of hydrogen-bond acceptors (Lipinski definition) is 4. The number of ether oxygens (including phenoxy) is 1. The van der Waals surface area contributed by atoms with Crippen LogP contribution in [-0.2, 0) is 9.53 Å². The molecule has 0 saturated carbocycles. The Morgan fingerprint density at radius 3 is 2.33 bits per heavy atom. The van der Waals surface area contributed by atoms with Gasteiger partial charge < -0.3 is 10.5 Å². The Balaban J connectivity index is 3.65. The normalized spacial score (nSPS) is 13.7. The van der Waals surface area contributed by atoms with Crippen LogP contribution in [-0.4, -0.2) is 24.9 Å². The van der Waals surface area contributed by atoms with E-state index >= 15 is 0 Å². The van der Waals surface area contributed by atoms with E-state index in [9.17, 15) is 18.0 Å². The Morgan fingerprint density at radius 2 is 1.87 bits per heavy atom. The van der Waals surface area contributed by atoms with E-state index in [1.54, 1.807) is 0 Å². The van der Waals surface area contributed by atoms with E-state index < -0.39 is 18.4 Å². The van der Waals surface area contributed by atoms with Gasteiger partial charge in [-0.2, -0.15) is 13.2 Å². The van der Waals surface area contributed by atoms with Crippen molar-refractivity contribution in [1.82, 2.24) is 0 Å². The summed E-state index contributed by atoms with van der Waals surface area (Å²) in [6.45, 7) is 0.525. The lowest BCUT2D eigenvalue weighted by Crippen LogP contribution is -2.34. The van der Waals surface area contributed by atoms with Gasteiger partial charge in [-0.3, -0.25) is 5.73 Å². The van der Waals surface area contributed by atoms with Crippen LogP contribution >= 0.6 is 0 Å². The van der Waals surface area contributed by atoms with Crippen LogP contribution in [0, 0.1) is 0 Å². The topological polar surface area (TPSA) is 78.3 Å². The van der Waals surface area contributed by atoms with Gasteiger partial charge in [0, 0.05) is 0 Å². The number of carbonyl (C=O) groups excluding carboxylic acids is 1. The van der Waals surface area contributed by atoms with Crippen molar-refractivity contribution in [1.29, 1.82) is 0 Å². The first-order valence-corrected chi connectivity index (χ1v) is 4.61. The van der Waals surface area contributed by atoms with Crippen LogP contribution < -0.4 is 11.5 Å². The number of rotatable bonds is 6. The van der Waals surface area contributed by atoms with E-state index in [4.69, 9.17) is 11.5 Å². The Labute approximate surface area is 85.7 Å². The molecule has 7 heteroatoms. The number of carbonyl (C=O) groups is 1. The van der Waals surface area contributed by atoms with Crippen molar-refractivity contribution < 1.29 is 22.7 Å². The van der Waals surface area contributed by atoms with E-state index in [2.05, 4.69) is 4.74 Å². The molecule has 0 aromatic carbocycles. The summed E-state index contributed by atoms with van der Waals surface area (Å²) < 4.78 is 39.1. The highest BCUT2D eigenvalue weighted by Crippen LogP contribution is 2.17. The van der Waals surface area contributed by atoms with E-state index in [1.165, 1.54) is 0 Å². The van der Waals surface area contributed by atoms with Crippen molar-refractivity contribution in [2.45, 2.75) is 38.1 Å². The molecule has 0 saturated heterocycles. The molecule has 0 aromatic rings. The molecule has 0 fully saturated rings. The first-order valence-electron chi connectivity index (χ1n) is 4.61. The molecule has 0 aliphatic rings. The van der Waals surface area contributed by atoms with Crippen LogP contribution in [0.25, 0.3) is 0 Å². The van der Waals surface area contributed by atoms with Crippen molar-refractivity contribution in [3.63, 3.8) is 0 Å². The maximum atomic E-state index is 11.7. The Bertz CT molecular complexity index is 197. The fraction of sp³-hybridized carbons (Fsp3) is 0.875. The number of unbranched alkanes of at least 4 members (excludes halogenated alkanes) is 2. The van der Waals surface area contributed by atoms with Gasteiger partial charge in [0.15, 0.2) is 6.23 Å². The minimum atomic E-state index is -4.98. The van der Waals surface area contributed by atoms with Crippen LogP contribution in [0.15, 0.2) is 0 Å². The van der Waals surface area contributed by atoms with Crippen molar-refractivity contribution >= 4 is 5.97 Å². The molecule has 0 radical (unpaired) electrons. The van der Waals surface area contributed by atoms with E-state index in [0.717, 1.165) is 12.8 Å². The van der Waals surface area contributed by atoms with Gasteiger partial charge >= 0.3 is 12.1 Å². The Hall–Kier alpha value is -0.820. The predicted molar refractivity (Wildman–Crippen MR) is 47.6 cm³/mol. The minimum absolute atomic E-state index is 0.210. The number of nitrogens with two attached hydrogens (primary N) is 2. The highest BCUT2D eigenvalue weighted by atomic mass is 19.4. The number of halogens is 3. The summed E-state index contributed by atoms with van der Waals surface area (Å²) in [4.78, 5) is 10.3. The van der Waals surface area contributed by atoms with Crippen LogP contribution in [0.3, 0.4) is 0 Å². The summed E-state index contributed by atoms with van der Waals surface area (Å²) in [5.74, 6) is -2.24. The zero-order valence-corrected chi connectivity index (χ0v) is 8.22. The third-order valence-corrected chi connectivity index (χ3v) is 1.68. The Kier molecular flexibility index (Phi) is 6.26. The summed E-state index contributed by atoms with van der Waals surface area (Å²) in [6, 6.07) is 0. The van der Waals surface area contributed by atoms with Crippen molar-refractivity contribution in [3.05, 3.63) is 0 Å². The second-order valence-corrected chi connectivity index (χ2v) is 3.08. The molecule has 0 aliphatic heterocycles. The maximum absolute atomic E-state index is 11.7. The molecule has 0 aliphatic carbocycles. The molecule has 0 bridgehead atoms. The lowest BCUT2D eigenvalue weighted by molar-refractivity contribution is -0.204. The molecule has 0 rings (SSSR count). The van der Waals surface area contributed by atoms with Crippen LogP contribution in [0.5, 0.6) is 0 Å². The highest BCUT2D eigenvalue weighted by molar-refractivity contribution is 5.75. The fourth-order valence-corrected chi connectivity index (χ4v) is 0.930. The molecule has 1 unspecified atom stereocenters. The van der Waals surface area contributed by atoms with Crippen LogP contribution in [0.1, 0.15) is 25.7 Å². The van der Waals surface area contributed by atoms with Gasteiger partial charge in [0.05, 0.1) is 0 Å². The first kappa shape index (κ1) is 14.2. The standard InChI is InChI=1S/C8H15F3N2O2/c9-8(10,11)7(14)15-6(13)4-2-1-3-5-12/h6H,1-5,12-13H2. The van der Waals surface area contributed by atoms with Gasteiger partial charge in [0.25, 0.3) is 0 Å². The van der Waals surface area contributed by atoms with E-state index in [0.29, 0.717) is 13.0 Å². The van der Waals surface area contributed by atoms with Gasteiger partial charge in [0.1, 0.15) is 0 Å². The number of hydrogen-bond donors (Lipinski definition) is 2. The SMILES string of the molecule is NCCCCCC(N)OC(=O)C(F)(F)F. The molecular formula is C8H15F3N2O2. The third kappa shape index (κ3) is 7.15. The van der Waals surface area contributed by atoms with E-state index in [1.807, 2.05) is 0 Å². The average molecular weight is 228 g/mol. The van der Waals surface area contributed by atoms with Crippen LogP contribution in [0.2, 0.25) is 0 Å². The largest absolute Gasteiger partial charge is 0.490 e. The number of esters is 1. The number of alkyl halides is 3. The summed E-state index contributed by atoms with van der Waals surface area (Å²) in [5, 5.41) is 0. The summed E-state index contributed by atoms with van der Waals surface area (Å²) in [7, 11) is 0. The van der Waals surface area contributed by atoms with Crippen LogP contribution in [0.4, 0.5) is 13.2 Å². The molecule has 1 atom stereocenters. The molecule has 0 spiro atoms.